The van der Waals surface area contributed by atoms with Crippen molar-refractivity contribution in [2.24, 2.45) is 5.92 Å². The Labute approximate surface area is 128 Å². The van der Waals surface area contributed by atoms with Crippen LogP contribution in [0.3, 0.4) is 0 Å². The first-order valence-corrected chi connectivity index (χ1v) is 7.41. The number of rotatable bonds is 4. The molecule has 0 saturated carbocycles. The Hall–Kier alpha value is -1.58. The summed E-state index contributed by atoms with van der Waals surface area (Å²) in [7, 11) is 0. The molecule has 2 nitrogen and oxygen atoms in total. The molecule has 0 spiro atoms. The molecule has 1 atom stereocenters. The standard InChI is InChI=1S/C17H17ClFNO/c1-11-4-2-3-5-16(11)21-17(13-9-20-10-13)12-6-7-14(18)15(19)8-12/h2-8,13,17,20H,9-10H2,1H3/t17-/m0/s1. The van der Waals surface area contributed by atoms with E-state index in [2.05, 4.69) is 5.32 Å². The highest BCUT2D eigenvalue weighted by molar-refractivity contribution is 6.30. The lowest BCUT2D eigenvalue weighted by molar-refractivity contribution is 0.0983. The molecule has 0 aromatic heterocycles. The lowest BCUT2D eigenvalue weighted by Gasteiger charge is -2.35. The number of benzene rings is 2. The molecule has 1 aliphatic heterocycles. The normalized spacial score (nSPS) is 16.3. The third-order valence-corrected chi connectivity index (χ3v) is 4.17. The van der Waals surface area contributed by atoms with Crippen molar-refractivity contribution in [2.45, 2.75) is 13.0 Å². The monoisotopic (exact) mass is 305 g/mol. The van der Waals surface area contributed by atoms with Gasteiger partial charge in [-0.25, -0.2) is 4.39 Å². The molecule has 4 heteroatoms. The highest BCUT2D eigenvalue weighted by atomic mass is 35.5. The highest BCUT2D eigenvalue weighted by Gasteiger charge is 2.30. The van der Waals surface area contributed by atoms with Crippen LogP contribution >= 0.6 is 11.6 Å². The van der Waals surface area contributed by atoms with Crippen molar-refractivity contribution in [3.05, 3.63) is 64.4 Å². The average Bonchev–Trinajstić information content (AvgIpc) is 2.41. The molecule has 2 aromatic carbocycles. The molecule has 0 aliphatic carbocycles. The van der Waals surface area contributed by atoms with Gasteiger partial charge in [-0.05, 0) is 36.2 Å². The van der Waals surface area contributed by atoms with Crippen LogP contribution in [0.15, 0.2) is 42.5 Å². The Kier molecular flexibility index (Phi) is 4.13. The van der Waals surface area contributed by atoms with E-state index in [1.165, 1.54) is 6.07 Å². The number of aryl methyl sites for hydroxylation is 1. The summed E-state index contributed by atoms with van der Waals surface area (Å²) in [5.41, 5.74) is 1.90. The molecule has 1 saturated heterocycles. The van der Waals surface area contributed by atoms with E-state index < -0.39 is 5.82 Å². The molecule has 21 heavy (non-hydrogen) atoms. The van der Waals surface area contributed by atoms with Crippen LogP contribution in [0.2, 0.25) is 5.02 Å². The molecule has 0 radical (unpaired) electrons. The predicted octanol–water partition coefficient (Wildman–Crippen LogP) is 4.13. The SMILES string of the molecule is Cc1ccccc1O[C@@H](c1ccc(Cl)c(F)c1)C1CNC1. The minimum Gasteiger partial charge on any atom is -0.485 e. The fraction of sp³-hybridized carbons (Fsp3) is 0.294. The van der Waals surface area contributed by atoms with Crippen molar-refractivity contribution >= 4 is 11.6 Å². The fourth-order valence-electron chi connectivity index (χ4n) is 2.48. The molecule has 1 N–H and O–H groups in total. The first-order valence-electron chi connectivity index (χ1n) is 7.03. The Morgan fingerprint density at radius 2 is 2.00 bits per heavy atom. The zero-order valence-electron chi connectivity index (χ0n) is 11.8. The van der Waals surface area contributed by atoms with Gasteiger partial charge in [0.1, 0.15) is 17.7 Å². The molecule has 0 bridgehead atoms. The number of halogens is 2. The second-order valence-corrected chi connectivity index (χ2v) is 5.80. The van der Waals surface area contributed by atoms with Gasteiger partial charge >= 0.3 is 0 Å². The maximum Gasteiger partial charge on any atom is 0.142 e. The van der Waals surface area contributed by atoms with Gasteiger partial charge < -0.3 is 10.1 Å². The molecular formula is C17H17ClFNO. The van der Waals surface area contributed by atoms with Crippen LogP contribution in [0.1, 0.15) is 17.2 Å². The van der Waals surface area contributed by atoms with Gasteiger partial charge in [0.2, 0.25) is 0 Å². The minimum atomic E-state index is -0.403. The predicted molar refractivity (Wildman–Crippen MR) is 82.3 cm³/mol. The summed E-state index contributed by atoms with van der Waals surface area (Å²) in [5.74, 6) is 0.773. The van der Waals surface area contributed by atoms with Crippen molar-refractivity contribution in [2.75, 3.05) is 13.1 Å². The number of ether oxygens (including phenoxy) is 1. The lowest BCUT2D eigenvalue weighted by atomic mass is 9.90. The number of hydrogen-bond donors (Lipinski definition) is 1. The van der Waals surface area contributed by atoms with E-state index in [-0.39, 0.29) is 11.1 Å². The van der Waals surface area contributed by atoms with Crippen LogP contribution in [-0.2, 0) is 0 Å². The highest BCUT2D eigenvalue weighted by Crippen LogP contribution is 2.33. The molecule has 1 fully saturated rings. The van der Waals surface area contributed by atoms with E-state index >= 15 is 0 Å². The number of para-hydroxylation sites is 1. The first kappa shape index (κ1) is 14.4. The molecule has 1 heterocycles. The molecule has 3 rings (SSSR count). The number of hydrogen-bond acceptors (Lipinski definition) is 2. The van der Waals surface area contributed by atoms with E-state index in [1.54, 1.807) is 6.07 Å². The van der Waals surface area contributed by atoms with Crippen molar-refractivity contribution in [3.8, 4) is 5.75 Å². The molecule has 1 aliphatic rings. The summed E-state index contributed by atoms with van der Waals surface area (Å²) in [6, 6.07) is 12.8. The average molecular weight is 306 g/mol. The molecule has 110 valence electrons. The maximum absolute atomic E-state index is 13.7. The fourth-order valence-corrected chi connectivity index (χ4v) is 2.59. The smallest absolute Gasteiger partial charge is 0.142 e. The van der Waals surface area contributed by atoms with Crippen LogP contribution in [0.5, 0.6) is 5.75 Å². The third-order valence-electron chi connectivity index (χ3n) is 3.86. The second-order valence-electron chi connectivity index (χ2n) is 5.40. The molecule has 0 amide bonds. The number of nitrogens with one attached hydrogen (secondary N) is 1. The Bertz CT molecular complexity index is 642. The summed E-state index contributed by atoms with van der Waals surface area (Å²) in [4.78, 5) is 0. The van der Waals surface area contributed by atoms with Crippen LogP contribution in [0.4, 0.5) is 4.39 Å². The van der Waals surface area contributed by atoms with Gasteiger partial charge in [-0.2, -0.15) is 0 Å². The molecule has 0 unspecified atom stereocenters. The van der Waals surface area contributed by atoms with E-state index in [1.807, 2.05) is 37.3 Å². The molecular weight excluding hydrogens is 289 g/mol. The summed E-state index contributed by atoms with van der Waals surface area (Å²) < 4.78 is 19.9. The summed E-state index contributed by atoms with van der Waals surface area (Å²) in [6.07, 6.45) is -0.167. The van der Waals surface area contributed by atoms with Crippen LogP contribution in [0.25, 0.3) is 0 Å². The summed E-state index contributed by atoms with van der Waals surface area (Å²) in [6.45, 7) is 3.76. The van der Waals surface area contributed by atoms with Gasteiger partial charge in [0.25, 0.3) is 0 Å². The van der Waals surface area contributed by atoms with Crippen molar-refractivity contribution < 1.29 is 9.13 Å². The first-order chi connectivity index (χ1) is 10.1. The zero-order valence-corrected chi connectivity index (χ0v) is 12.5. The molecule has 2 aromatic rings. The van der Waals surface area contributed by atoms with Gasteiger partial charge in [-0.1, -0.05) is 35.9 Å². The van der Waals surface area contributed by atoms with E-state index in [0.29, 0.717) is 5.92 Å². The van der Waals surface area contributed by atoms with Crippen LogP contribution in [0, 0.1) is 18.7 Å². The van der Waals surface area contributed by atoms with Gasteiger partial charge in [0, 0.05) is 19.0 Å². The van der Waals surface area contributed by atoms with Crippen LogP contribution < -0.4 is 10.1 Å². The van der Waals surface area contributed by atoms with Gasteiger partial charge in [-0.15, -0.1) is 0 Å². The quantitative estimate of drug-likeness (QED) is 0.917. The maximum atomic E-state index is 13.7. The summed E-state index contributed by atoms with van der Waals surface area (Å²) in [5, 5.41) is 3.38. The van der Waals surface area contributed by atoms with Gasteiger partial charge in [0.15, 0.2) is 0 Å². The Morgan fingerprint density at radius 3 is 2.62 bits per heavy atom. The van der Waals surface area contributed by atoms with Crippen molar-refractivity contribution in [1.29, 1.82) is 0 Å². The third kappa shape index (κ3) is 3.04. The van der Waals surface area contributed by atoms with Crippen molar-refractivity contribution in [3.63, 3.8) is 0 Å². The lowest BCUT2D eigenvalue weighted by Crippen LogP contribution is -2.46. The van der Waals surface area contributed by atoms with Crippen molar-refractivity contribution in [1.82, 2.24) is 5.32 Å². The largest absolute Gasteiger partial charge is 0.485 e. The minimum absolute atomic E-state index is 0.139. The van der Waals surface area contributed by atoms with E-state index in [9.17, 15) is 4.39 Å². The summed E-state index contributed by atoms with van der Waals surface area (Å²) >= 11 is 5.77. The van der Waals surface area contributed by atoms with Crippen LogP contribution in [-0.4, -0.2) is 13.1 Å². The topological polar surface area (TPSA) is 21.3 Å². The van der Waals surface area contributed by atoms with E-state index in [0.717, 1.165) is 30.0 Å². The Balaban J connectivity index is 1.90. The van der Waals surface area contributed by atoms with Gasteiger partial charge in [-0.3, -0.25) is 0 Å². The second kappa shape index (κ2) is 6.04. The van der Waals surface area contributed by atoms with E-state index in [4.69, 9.17) is 16.3 Å². The zero-order chi connectivity index (χ0) is 14.8. The Morgan fingerprint density at radius 1 is 1.24 bits per heavy atom. The van der Waals surface area contributed by atoms with Gasteiger partial charge in [0.05, 0.1) is 5.02 Å².